The largest absolute Gasteiger partial charge is 0.390 e. The van der Waals surface area contributed by atoms with E-state index in [0.717, 1.165) is 10.6 Å². The normalized spacial score (nSPS) is 29.5. The van der Waals surface area contributed by atoms with Crippen molar-refractivity contribution < 1.29 is 9.84 Å². The van der Waals surface area contributed by atoms with Crippen LogP contribution in [0.25, 0.3) is 0 Å². The summed E-state index contributed by atoms with van der Waals surface area (Å²) in [6, 6.07) is 2.02. The van der Waals surface area contributed by atoms with Gasteiger partial charge in [0.05, 0.1) is 25.0 Å². The molecule has 1 aliphatic rings. The van der Waals surface area contributed by atoms with Crippen LogP contribution in [0.3, 0.4) is 0 Å². The molecular weight excluding hydrogens is 174 g/mol. The van der Waals surface area contributed by atoms with Crippen LogP contribution in [0.1, 0.15) is 16.5 Å². The summed E-state index contributed by atoms with van der Waals surface area (Å²) in [6.45, 7) is 3.05. The molecule has 1 fully saturated rings. The lowest BCUT2D eigenvalue weighted by Gasteiger charge is -2.07. The zero-order valence-corrected chi connectivity index (χ0v) is 7.67. The molecule has 2 atom stereocenters. The molecule has 2 rings (SSSR count). The monoisotopic (exact) mass is 185 g/mol. The molecule has 2 heterocycles. The van der Waals surface area contributed by atoms with Gasteiger partial charge in [-0.2, -0.15) is 4.37 Å². The highest BCUT2D eigenvalue weighted by atomic mass is 32.1. The number of nitrogens with zero attached hydrogens (tertiary/aromatic N) is 1. The standard InChI is InChI=1S/C8H11NO2S/c1-5-2-8(12-9-5)6-3-11-4-7(6)10/h2,6-7,10H,3-4H2,1H3/t6-,7-/m1/s1. The molecule has 4 heteroatoms. The molecular formula is C8H11NO2S. The van der Waals surface area contributed by atoms with Crippen molar-refractivity contribution in [3.05, 3.63) is 16.6 Å². The molecule has 0 aromatic carbocycles. The molecule has 0 spiro atoms. The summed E-state index contributed by atoms with van der Waals surface area (Å²) >= 11 is 1.46. The van der Waals surface area contributed by atoms with E-state index in [-0.39, 0.29) is 12.0 Å². The Kier molecular flexibility index (Phi) is 2.12. The molecule has 1 N–H and O–H groups in total. The van der Waals surface area contributed by atoms with Gasteiger partial charge < -0.3 is 9.84 Å². The summed E-state index contributed by atoms with van der Waals surface area (Å²) in [4.78, 5) is 1.14. The molecule has 0 bridgehead atoms. The van der Waals surface area contributed by atoms with Crippen LogP contribution in [0.5, 0.6) is 0 Å². The molecule has 12 heavy (non-hydrogen) atoms. The SMILES string of the molecule is Cc1cc([C@@H]2COC[C@H]2O)sn1. The van der Waals surface area contributed by atoms with Crippen molar-refractivity contribution in [1.82, 2.24) is 4.37 Å². The van der Waals surface area contributed by atoms with Crippen LogP contribution in [0.15, 0.2) is 6.07 Å². The van der Waals surface area contributed by atoms with Crippen LogP contribution in [0.4, 0.5) is 0 Å². The molecule has 0 aliphatic carbocycles. The average molecular weight is 185 g/mol. The van der Waals surface area contributed by atoms with Gasteiger partial charge >= 0.3 is 0 Å². The second-order valence-corrected chi connectivity index (χ2v) is 3.92. The number of aliphatic hydroxyl groups excluding tert-OH is 1. The molecule has 1 aliphatic heterocycles. The highest BCUT2D eigenvalue weighted by Gasteiger charge is 2.28. The van der Waals surface area contributed by atoms with Gasteiger partial charge in [-0.3, -0.25) is 0 Å². The first-order chi connectivity index (χ1) is 5.77. The minimum atomic E-state index is -0.343. The zero-order valence-electron chi connectivity index (χ0n) is 6.86. The average Bonchev–Trinajstić information content (AvgIpc) is 2.58. The van der Waals surface area contributed by atoms with Crippen LogP contribution in [0.2, 0.25) is 0 Å². The summed E-state index contributed by atoms with van der Waals surface area (Å²) in [5.41, 5.74) is 1.02. The maximum absolute atomic E-state index is 9.51. The number of hydrogen-bond donors (Lipinski definition) is 1. The molecule has 3 nitrogen and oxygen atoms in total. The van der Waals surface area contributed by atoms with E-state index in [0.29, 0.717) is 13.2 Å². The summed E-state index contributed by atoms with van der Waals surface area (Å²) in [5, 5.41) is 9.51. The predicted molar refractivity (Wildman–Crippen MR) is 46.4 cm³/mol. The van der Waals surface area contributed by atoms with Crippen molar-refractivity contribution in [3.63, 3.8) is 0 Å². The Bertz CT molecular complexity index is 274. The van der Waals surface area contributed by atoms with Gasteiger partial charge in [-0.25, -0.2) is 0 Å². The minimum Gasteiger partial charge on any atom is -0.390 e. The Morgan fingerprint density at radius 1 is 1.67 bits per heavy atom. The Balaban J connectivity index is 2.19. The van der Waals surface area contributed by atoms with Crippen molar-refractivity contribution in [1.29, 1.82) is 0 Å². The fourth-order valence-electron chi connectivity index (χ4n) is 1.37. The number of rotatable bonds is 1. The second-order valence-electron chi connectivity index (χ2n) is 3.08. The highest BCUT2D eigenvalue weighted by molar-refractivity contribution is 7.05. The maximum atomic E-state index is 9.51. The third-order valence-corrected chi connectivity index (χ3v) is 3.07. The molecule has 1 aromatic rings. The second kappa shape index (κ2) is 3.12. The van der Waals surface area contributed by atoms with E-state index in [4.69, 9.17) is 4.74 Å². The van der Waals surface area contributed by atoms with Crippen molar-refractivity contribution >= 4 is 11.5 Å². The molecule has 0 unspecified atom stereocenters. The first-order valence-corrected chi connectivity index (χ1v) is 4.74. The Morgan fingerprint density at radius 2 is 2.50 bits per heavy atom. The first-order valence-electron chi connectivity index (χ1n) is 3.96. The molecule has 1 aromatic heterocycles. The first kappa shape index (κ1) is 8.16. The van der Waals surface area contributed by atoms with Crippen molar-refractivity contribution in [2.45, 2.75) is 18.9 Å². The fourth-order valence-corrected chi connectivity index (χ4v) is 2.26. The Hall–Kier alpha value is -0.450. The molecule has 0 amide bonds. The third-order valence-electron chi connectivity index (χ3n) is 2.06. The lowest BCUT2D eigenvalue weighted by Crippen LogP contribution is -2.14. The highest BCUT2D eigenvalue weighted by Crippen LogP contribution is 2.28. The molecule has 0 saturated carbocycles. The fraction of sp³-hybridized carbons (Fsp3) is 0.625. The van der Waals surface area contributed by atoms with E-state index in [1.54, 1.807) is 0 Å². The minimum absolute atomic E-state index is 0.149. The van der Waals surface area contributed by atoms with E-state index in [9.17, 15) is 5.11 Å². The topological polar surface area (TPSA) is 42.4 Å². The van der Waals surface area contributed by atoms with Gasteiger partial charge in [-0.15, -0.1) is 0 Å². The van der Waals surface area contributed by atoms with Gasteiger partial charge in [0.25, 0.3) is 0 Å². The molecule has 66 valence electrons. The van der Waals surface area contributed by atoms with Gasteiger partial charge in [-0.05, 0) is 24.5 Å². The summed E-state index contributed by atoms with van der Waals surface area (Å²) in [5.74, 6) is 0.149. The van der Waals surface area contributed by atoms with Crippen LogP contribution >= 0.6 is 11.5 Å². The summed E-state index contributed by atoms with van der Waals surface area (Å²) in [7, 11) is 0. The Morgan fingerprint density at radius 3 is 3.00 bits per heavy atom. The van der Waals surface area contributed by atoms with Gasteiger partial charge in [-0.1, -0.05) is 0 Å². The third kappa shape index (κ3) is 1.37. The quantitative estimate of drug-likeness (QED) is 0.707. The van der Waals surface area contributed by atoms with Gasteiger partial charge in [0, 0.05) is 10.8 Å². The van der Waals surface area contributed by atoms with Crippen molar-refractivity contribution in [2.24, 2.45) is 0 Å². The number of hydrogen-bond acceptors (Lipinski definition) is 4. The van der Waals surface area contributed by atoms with E-state index in [2.05, 4.69) is 4.37 Å². The lowest BCUT2D eigenvalue weighted by molar-refractivity contribution is 0.125. The number of aliphatic hydroxyl groups is 1. The van der Waals surface area contributed by atoms with Crippen LogP contribution in [-0.4, -0.2) is 28.8 Å². The van der Waals surface area contributed by atoms with E-state index in [1.807, 2.05) is 13.0 Å². The lowest BCUT2D eigenvalue weighted by atomic mass is 10.0. The van der Waals surface area contributed by atoms with Gasteiger partial charge in [0.2, 0.25) is 0 Å². The Labute approximate surface area is 75.2 Å². The predicted octanol–water partition coefficient (Wildman–Crippen LogP) is 0.926. The molecule has 1 saturated heterocycles. The zero-order chi connectivity index (χ0) is 8.55. The van der Waals surface area contributed by atoms with E-state index < -0.39 is 0 Å². The van der Waals surface area contributed by atoms with Gasteiger partial charge in [0.1, 0.15) is 0 Å². The van der Waals surface area contributed by atoms with E-state index >= 15 is 0 Å². The van der Waals surface area contributed by atoms with Crippen LogP contribution in [0, 0.1) is 6.92 Å². The van der Waals surface area contributed by atoms with Crippen molar-refractivity contribution in [2.75, 3.05) is 13.2 Å². The van der Waals surface area contributed by atoms with Crippen molar-refractivity contribution in [3.8, 4) is 0 Å². The maximum Gasteiger partial charge on any atom is 0.0872 e. The number of aromatic nitrogens is 1. The van der Waals surface area contributed by atoms with E-state index in [1.165, 1.54) is 11.5 Å². The number of aryl methyl sites for hydroxylation is 1. The summed E-state index contributed by atoms with van der Waals surface area (Å²) in [6.07, 6.45) is -0.343. The van der Waals surface area contributed by atoms with Crippen LogP contribution in [-0.2, 0) is 4.74 Å². The smallest absolute Gasteiger partial charge is 0.0872 e. The molecule has 0 radical (unpaired) electrons. The number of ether oxygens (including phenoxy) is 1. The summed E-state index contributed by atoms with van der Waals surface area (Å²) < 4.78 is 9.33. The van der Waals surface area contributed by atoms with Gasteiger partial charge in [0.15, 0.2) is 0 Å². The van der Waals surface area contributed by atoms with Crippen LogP contribution < -0.4 is 0 Å².